The maximum Gasteiger partial charge on any atom is 0.254 e. The number of fused-ring (bicyclic) bond motifs is 1. The minimum absolute atomic E-state index is 0.0916. The first-order valence-electron chi connectivity index (χ1n) is 11.3. The van der Waals surface area contributed by atoms with Crippen LogP contribution in [-0.4, -0.2) is 65.4 Å². The van der Waals surface area contributed by atoms with Gasteiger partial charge in [-0.05, 0) is 43.4 Å². The van der Waals surface area contributed by atoms with Crippen LogP contribution in [0.3, 0.4) is 0 Å². The van der Waals surface area contributed by atoms with E-state index in [1.54, 1.807) is 47.4 Å². The van der Waals surface area contributed by atoms with Gasteiger partial charge in [0, 0.05) is 49.7 Å². The van der Waals surface area contributed by atoms with Gasteiger partial charge in [0.2, 0.25) is 11.8 Å². The molecule has 0 bridgehead atoms. The summed E-state index contributed by atoms with van der Waals surface area (Å²) < 4.78 is 20.4. The van der Waals surface area contributed by atoms with Crippen LogP contribution in [0.1, 0.15) is 21.6 Å². The molecule has 0 spiro atoms. The van der Waals surface area contributed by atoms with Crippen molar-refractivity contribution in [3.05, 3.63) is 76.2 Å². The second-order valence-electron chi connectivity index (χ2n) is 8.56. The first kappa shape index (κ1) is 22.6. The minimum atomic E-state index is -0.471. The van der Waals surface area contributed by atoms with Gasteiger partial charge < -0.3 is 19.4 Å². The fraction of sp³-hybridized carbons (Fsp3) is 0.320. The van der Waals surface area contributed by atoms with Gasteiger partial charge in [0.05, 0.1) is 17.8 Å². The molecule has 1 aromatic heterocycles. The van der Waals surface area contributed by atoms with E-state index < -0.39 is 5.82 Å². The molecule has 0 aliphatic carbocycles. The average Bonchev–Trinajstić information content (AvgIpc) is 2.85. The number of hydrogen-bond donors (Lipinski definition) is 0. The Kier molecular flexibility index (Phi) is 6.34. The van der Waals surface area contributed by atoms with Gasteiger partial charge in [0.25, 0.3) is 5.91 Å². The summed E-state index contributed by atoms with van der Waals surface area (Å²) in [5.74, 6) is 0.380. The van der Waals surface area contributed by atoms with E-state index in [-0.39, 0.29) is 24.1 Å². The SMILES string of the molecule is CN1CCN(c2nc3c(c(Oc4ccccc4F)n2)CN(C(=O)c2ccc(Cl)cc2)CC3)CC1. The lowest BCUT2D eigenvalue weighted by Crippen LogP contribution is -2.45. The van der Waals surface area contributed by atoms with Crippen LogP contribution in [0.25, 0.3) is 0 Å². The zero-order chi connectivity index (χ0) is 23.7. The number of piperazine rings is 1. The molecule has 0 saturated carbocycles. The molecule has 1 amide bonds. The molecule has 176 valence electrons. The standard InChI is InChI=1S/C25H25ClFN5O2/c1-30-12-14-31(15-13-30)25-28-21-10-11-32(24(33)17-6-8-18(26)9-7-17)16-19(21)23(29-25)34-22-5-3-2-4-20(22)27/h2-9H,10-16H2,1H3. The van der Waals surface area contributed by atoms with E-state index in [4.69, 9.17) is 26.3 Å². The van der Waals surface area contributed by atoms with Crippen LogP contribution < -0.4 is 9.64 Å². The third-order valence-corrected chi connectivity index (χ3v) is 6.47. The van der Waals surface area contributed by atoms with Crippen LogP contribution in [0.15, 0.2) is 48.5 Å². The summed E-state index contributed by atoms with van der Waals surface area (Å²) >= 11 is 5.97. The molecule has 3 heterocycles. The van der Waals surface area contributed by atoms with Gasteiger partial charge in [0.15, 0.2) is 11.6 Å². The number of likely N-dealkylation sites (N-methyl/N-ethyl adjacent to an activating group) is 1. The third kappa shape index (κ3) is 4.69. The van der Waals surface area contributed by atoms with Gasteiger partial charge in [-0.2, -0.15) is 4.98 Å². The van der Waals surface area contributed by atoms with Crippen LogP contribution in [0.4, 0.5) is 10.3 Å². The predicted molar refractivity (Wildman–Crippen MR) is 128 cm³/mol. The van der Waals surface area contributed by atoms with Gasteiger partial charge in [-0.15, -0.1) is 0 Å². The van der Waals surface area contributed by atoms with E-state index in [1.807, 2.05) is 0 Å². The number of carbonyl (C=O) groups is 1. The van der Waals surface area contributed by atoms with Gasteiger partial charge in [-0.25, -0.2) is 9.37 Å². The van der Waals surface area contributed by atoms with E-state index in [1.165, 1.54) is 6.07 Å². The number of hydrogen-bond acceptors (Lipinski definition) is 6. The Bertz CT molecular complexity index is 1200. The van der Waals surface area contributed by atoms with Gasteiger partial charge in [-0.1, -0.05) is 23.7 Å². The van der Waals surface area contributed by atoms with Crippen molar-refractivity contribution in [3.8, 4) is 11.6 Å². The highest BCUT2D eigenvalue weighted by atomic mass is 35.5. The molecule has 0 radical (unpaired) electrons. The zero-order valence-corrected chi connectivity index (χ0v) is 19.6. The summed E-state index contributed by atoms with van der Waals surface area (Å²) in [6.45, 7) is 4.22. The van der Waals surface area contributed by atoms with E-state index in [0.717, 1.165) is 31.9 Å². The van der Waals surface area contributed by atoms with Crippen molar-refractivity contribution in [2.75, 3.05) is 44.7 Å². The van der Waals surface area contributed by atoms with Crippen LogP contribution in [0, 0.1) is 5.82 Å². The second kappa shape index (κ2) is 9.56. The van der Waals surface area contributed by atoms with Crippen molar-refractivity contribution >= 4 is 23.5 Å². The summed E-state index contributed by atoms with van der Waals surface area (Å²) in [5.41, 5.74) is 2.09. The number of amides is 1. The second-order valence-corrected chi connectivity index (χ2v) is 9.00. The number of para-hydroxylation sites is 1. The summed E-state index contributed by atoms with van der Waals surface area (Å²) in [6, 6.07) is 13.1. The molecule has 0 N–H and O–H groups in total. The van der Waals surface area contributed by atoms with Crippen molar-refractivity contribution in [2.24, 2.45) is 0 Å². The Labute approximate surface area is 202 Å². The Balaban J connectivity index is 1.48. The first-order valence-corrected chi connectivity index (χ1v) is 11.7. The maximum atomic E-state index is 14.4. The third-order valence-electron chi connectivity index (χ3n) is 6.22. The van der Waals surface area contributed by atoms with E-state index in [9.17, 15) is 9.18 Å². The number of carbonyl (C=O) groups excluding carboxylic acids is 1. The number of benzene rings is 2. The van der Waals surface area contributed by atoms with E-state index in [0.29, 0.717) is 35.1 Å². The molecule has 7 nitrogen and oxygen atoms in total. The molecule has 5 rings (SSSR count). The van der Waals surface area contributed by atoms with Crippen LogP contribution in [-0.2, 0) is 13.0 Å². The molecule has 34 heavy (non-hydrogen) atoms. The highest BCUT2D eigenvalue weighted by Crippen LogP contribution is 2.33. The largest absolute Gasteiger partial charge is 0.435 e. The Morgan fingerprint density at radius 2 is 1.74 bits per heavy atom. The van der Waals surface area contributed by atoms with Crippen LogP contribution >= 0.6 is 11.6 Å². The molecular weight excluding hydrogens is 457 g/mol. The van der Waals surface area contributed by atoms with Crippen molar-refractivity contribution in [2.45, 2.75) is 13.0 Å². The topological polar surface area (TPSA) is 61.8 Å². The van der Waals surface area contributed by atoms with Gasteiger partial charge in [0.1, 0.15) is 0 Å². The monoisotopic (exact) mass is 481 g/mol. The lowest BCUT2D eigenvalue weighted by Gasteiger charge is -2.34. The highest BCUT2D eigenvalue weighted by Gasteiger charge is 2.29. The lowest BCUT2D eigenvalue weighted by molar-refractivity contribution is 0.0732. The molecule has 2 aliphatic heterocycles. The number of ether oxygens (including phenoxy) is 1. The lowest BCUT2D eigenvalue weighted by atomic mass is 10.1. The minimum Gasteiger partial charge on any atom is -0.435 e. The smallest absolute Gasteiger partial charge is 0.254 e. The summed E-state index contributed by atoms with van der Waals surface area (Å²) in [6.07, 6.45) is 0.561. The molecule has 2 aromatic carbocycles. The number of aromatic nitrogens is 2. The molecule has 1 fully saturated rings. The Morgan fingerprint density at radius 1 is 1.00 bits per heavy atom. The van der Waals surface area contributed by atoms with Gasteiger partial charge >= 0.3 is 0 Å². The maximum absolute atomic E-state index is 14.4. The quantitative estimate of drug-likeness (QED) is 0.561. The summed E-state index contributed by atoms with van der Waals surface area (Å²) in [7, 11) is 2.09. The van der Waals surface area contributed by atoms with Crippen LogP contribution in [0.5, 0.6) is 11.6 Å². The number of nitrogens with zero attached hydrogens (tertiary/aromatic N) is 5. The number of rotatable bonds is 4. The Hall–Kier alpha value is -3.23. The predicted octanol–water partition coefficient (Wildman–Crippen LogP) is 4.01. The fourth-order valence-corrected chi connectivity index (χ4v) is 4.31. The van der Waals surface area contributed by atoms with Crippen molar-refractivity contribution in [3.63, 3.8) is 0 Å². The van der Waals surface area contributed by atoms with Gasteiger partial charge in [-0.3, -0.25) is 4.79 Å². The van der Waals surface area contributed by atoms with Crippen molar-refractivity contribution in [1.82, 2.24) is 19.8 Å². The molecule has 3 aromatic rings. The van der Waals surface area contributed by atoms with Crippen LogP contribution in [0.2, 0.25) is 5.02 Å². The number of halogens is 2. The van der Waals surface area contributed by atoms with E-state index in [2.05, 4.69) is 16.8 Å². The fourth-order valence-electron chi connectivity index (χ4n) is 4.18. The van der Waals surface area contributed by atoms with Crippen molar-refractivity contribution in [1.29, 1.82) is 0 Å². The normalized spacial score (nSPS) is 16.3. The average molecular weight is 482 g/mol. The molecule has 1 saturated heterocycles. The zero-order valence-electron chi connectivity index (χ0n) is 18.9. The molecule has 0 atom stereocenters. The first-order chi connectivity index (χ1) is 16.5. The molecular formula is C25H25ClFN5O2. The molecule has 0 unspecified atom stereocenters. The Morgan fingerprint density at radius 3 is 2.47 bits per heavy atom. The number of anilines is 1. The summed E-state index contributed by atoms with van der Waals surface area (Å²) in [5, 5.41) is 0.575. The summed E-state index contributed by atoms with van der Waals surface area (Å²) in [4.78, 5) is 28.8. The molecule has 9 heteroatoms. The molecule has 2 aliphatic rings. The highest BCUT2D eigenvalue weighted by molar-refractivity contribution is 6.30. The van der Waals surface area contributed by atoms with E-state index >= 15 is 0 Å². The van der Waals surface area contributed by atoms with Crippen molar-refractivity contribution < 1.29 is 13.9 Å².